The van der Waals surface area contributed by atoms with Crippen LogP contribution in [0.2, 0.25) is 5.02 Å². The lowest BCUT2D eigenvalue weighted by Crippen LogP contribution is -2.27. The quantitative estimate of drug-likeness (QED) is 0.518. The van der Waals surface area contributed by atoms with Crippen LogP contribution in [0.5, 0.6) is 5.75 Å². The Kier molecular flexibility index (Phi) is 6.60. The van der Waals surface area contributed by atoms with E-state index in [-0.39, 0.29) is 11.9 Å². The number of rotatable bonds is 6. The lowest BCUT2D eigenvalue weighted by Gasteiger charge is -2.19. The minimum atomic E-state index is -0.127. The van der Waals surface area contributed by atoms with E-state index < -0.39 is 0 Å². The van der Waals surface area contributed by atoms with Gasteiger partial charge in [-0.15, -0.1) is 0 Å². The summed E-state index contributed by atoms with van der Waals surface area (Å²) >= 11 is 6.18. The first-order valence-electron chi connectivity index (χ1n) is 9.70. The smallest absolute Gasteiger partial charge is 0.251 e. The van der Waals surface area contributed by atoms with Crippen molar-refractivity contribution in [2.75, 3.05) is 0 Å². The zero-order valence-corrected chi connectivity index (χ0v) is 18.0. The van der Waals surface area contributed by atoms with Crippen molar-refractivity contribution >= 4 is 17.5 Å². The normalized spacial score (nSPS) is 11.8. The highest BCUT2D eigenvalue weighted by molar-refractivity contribution is 6.31. The zero-order valence-electron chi connectivity index (χ0n) is 17.3. The third-order valence-corrected chi connectivity index (χ3v) is 5.51. The Labute approximate surface area is 177 Å². The standard InChI is InChI=1S/C25H26ClNO2/c1-16-12-18(3)23(13-17(16)2)19(4)27-25(28)20-9-7-10-22(14-20)29-15-21-8-5-6-11-24(21)26/h5-14,19H,15H2,1-4H3,(H,27,28). The molecular weight excluding hydrogens is 382 g/mol. The predicted octanol–water partition coefficient (Wildman–Crippen LogP) is 6.34. The van der Waals surface area contributed by atoms with E-state index in [0.29, 0.717) is 22.9 Å². The fraction of sp³-hybridized carbons (Fsp3) is 0.240. The van der Waals surface area contributed by atoms with Crippen LogP contribution in [0, 0.1) is 20.8 Å². The number of nitrogens with one attached hydrogen (secondary N) is 1. The highest BCUT2D eigenvalue weighted by Gasteiger charge is 2.15. The molecule has 1 unspecified atom stereocenters. The minimum Gasteiger partial charge on any atom is -0.489 e. The summed E-state index contributed by atoms with van der Waals surface area (Å²) in [6.07, 6.45) is 0. The Balaban J connectivity index is 1.69. The van der Waals surface area contributed by atoms with Crippen LogP contribution in [0.25, 0.3) is 0 Å². The SMILES string of the molecule is Cc1cc(C)c(C(C)NC(=O)c2cccc(OCc3ccccc3Cl)c2)cc1C. The molecule has 1 atom stereocenters. The molecule has 3 aromatic rings. The number of halogens is 1. The van der Waals surface area contributed by atoms with Crippen molar-refractivity contribution in [2.45, 2.75) is 40.3 Å². The second-order valence-corrected chi connectivity index (χ2v) is 7.80. The van der Waals surface area contributed by atoms with Gasteiger partial charge in [0.05, 0.1) is 6.04 Å². The molecule has 0 radical (unpaired) electrons. The molecule has 4 heteroatoms. The molecule has 0 aliphatic carbocycles. The van der Waals surface area contributed by atoms with Gasteiger partial charge >= 0.3 is 0 Å². The van der Waals surface area contributed by atoms with Crippen LogP contribution >= 0.6 is 11.6 Å². The monoisotopic (exact) mass is 407 g/mol. The van der Waals surface area contributed by atoms with Gasteiger partial charge < -0.3 is 10.1 Å². The maximum Gasteiger partial charge on any atom is 0.251 e. The molecule has 0 aliphatic heterocycles. The molecule has 1 N–H and O–H groups in total. The topological polar surface area (TPSA) is 38.3 Å². The molecule has 0 aromatic heterocycles. The Morgan fingerprint density at radius 1 is 0.966 bits per heavy atom. The van der Waals surface area contributed by atoms with Gasteiger partial charge in [-0.3, -0.25) is 4.79 Å². The first-order valence-corrected chi connectivity index (χ1v) is 10.1. The number of benzene rings is 3. The zero-order chi connectivity index (χ0) is 21.0. The Bertz CT molecular complexity index is 1030. The van der Waals surface area contributed by atoms with Gasteiger partial charge in [-0.05, 0) is 74.2 Å². The van der Waals surface area contributed by atoms with Crippen molar-refractivity contribution in [3.63, 3.8) is 0 Å². The van der Waals surface area contributed by atoms with Gasteiger partial charge in [0.15, 0.2) is 0 Å². The molecule has 29 heavy (non-hydrogen) atoms. The van der Waals surface area contributed by atoms with E-state index in [1.54, 1.807) is 12.1 Å². The summed E-state index contributed by atoms with van der Waals surface area (Å²) in [5, 5.41) is 3.76. The number of hydrogen-bond acceptors (Lipinski definition) is 2. The van der Waals surface area contributed by atoms with E-state index in [9.17, 15) is 4.79 Å². The van der Waals surface area contributed by atoms with Gasteiger partial charge in [0.1, 0.15) is 12.4 Å². The van der Waals surface area contributed by atoms with Crippen molar-refractivity contribution in [1.82, 2.24) is 5.32 Å². The van der Waals surface area contributed by atoms with Crippen molar-refractivity contribution < 1.29 is 9.53 Å². The lowest BCUT2D eigenvalue weighted by atomic mass is 9.96. The Hall–Kier alpha value is -2.78. The van der Waals surface area contributed by atoms with Crippen molar-refractivity contribution in [3.05, 3.63) is 99.1 Å². The third kappa shape index (κ3) is 5.18. The van der Waals surface area contributed by atoms with Crippen LogP contribution in [0.15, 0.2) is 60.7 Å². The molecule has 3 nitrogen and oxygen atoms in total. The van der Waals surface area contributed by atoms with Gasteiger partial charge in [0.25, 0.3) is 5.91 Å². The Morgan fingerprint density at radius 3 is 2.45 bits per heavy atom. The van der Waals surface area contributed by atoms with Crippen LogP contribution in [-0.4, -0.2) is 5.91 Å². The lowest BCUT2D eigenvalue weighted by molar-refractivity contribution is 0.0939. The highest BCUT2D eigenvalue weighted by atomic mass is 35.5. The highest BCUT2D eigenvalue weighted by Crippen LogP contribution is 2.23. The fourth-order valence-electron chi connectivity index (χ4n) is 3.31. The van der Waals surface area contributed by atoms with E-state index >= 15 is 0 Å². The average Bonchev–Trinajstić information content (AvgIpc) is 2.70. The maximum atomic E-state index is 12.8. The van der Waals surface area contributed by atoms with Gasteiger partial charge in [-0.25, -0.2) is 0 Å². The molecule has 0 heterocycles. The molecule has 3 aromatic carbocycles. The minimum absolute atomic E-state index is 0.0884. The molecule has 1 amide bonds. The van der Waals surface area contributed by atoms with Crippen molar-refractivity contribution in [3.8, 4) is 5.75 Å². The molecule has 0 bridgehead atoms. The number of carbonyl (C=O) groups excluding carboxylic acids is 1. The number of carbonyl (C=O) groups is 1. The number of aryl methyl sites for hydroxylation is 3. The molecule has 0 spiro atoms. The van der Waals surface area contributed by atoms with Crippen molar-refractivity contribution in [1.29, 1.82) is 0 Å². The van der Waals surface area contributed by atoms with E-state index in [0.717, 1.165) is 11.1 Å². The summed E-state index contributed by atoms with van der Waals surface area (Å²) in [5.74, 6) is 0.505. The van der Waals surface area contributed by atoms with Crippen LogP contribution in [0.3, 0.4) is 0 Å². The molecular formula is C25H26ClNO2. The molecule has 0 saturated heterocycles. The van der Waals surface area contributed by atoms with E-state index in [1.807, 2.05) is 43.3 Å². The van der Waals surface area contributed by atoms with Gasteiger partial charge in [-0.1, -0.05) is 48.0 Å². The third-order valence-electron chi connectivity index (χ3n) is 5.14. The summed E-state index contributed by atoms with van der Waals surface area (Å²) in [6.45, 7) is 8.62. The molecule has 3 rings (SSSR count). The van der Waals surface area contributed by atoms with Crippen LogP contribution < -0.4 is 10.1 Å². The Morgan fingerprint density at radius 2 is 1.69 bits per heavy atom. The number of hydrogen-bond donors (Lipinski definition) is 1. The summed E-state index contributed by atoms with van der Waals surface area (Å²) in [4.78, 5) is 12.8. The predicted molar refractivity (Wildman–Crippen MR) is 119 cm³/mol. The molecule has 0 saturated carbocycles. The number of amides is 1. The summed E-state index contributed by atoms with van der Waals surface area (Å²) in [5.41, 5.74) is 6.26. The van der Waals surface area contributed by atoms with Crippen LogP contribution in [0.1, 0.15) is 51.1 Å². The fourth-order valence-corrected chi connectivity index (χ4v) is 3.50. The summed E-state index contributed by atoms with van der Waals surface area (Å²) in [6, 6.07) is 19.0. The molecule has 0 aliphatic rings. The van der Waals surface area contributed by atoms with E-state index in [2.05, 4.69) is 38.2 Å². The molecule has 150 valence electrons. The second-order valence-electron chi connectivity index (χ2n) is 7.40. The van der Waals surface area contributed by atoms with Crippen molar-refractivity contribution in [2.24, 2.45) is 0 Å². The largest absolute Gasteiger partial charge is 0.489 e. The van der Waals surface area contributed by atoms with Gasteiger partial charge in [0, 0.05) is 16.1 Å². The van der Waals surface area contributed by atoms with Crippen LogP contribution in [-0.2, 0) is 6.61 Å². The molecule has 0 fully saturated rings. The summed E-state index contributed by atoms with van der Waals surface area (Å²) < 4.78 is 5.84. The second kappa shape index (κ2) is 9.15. The first-order chi connectivity index (χ1) is 13.8. The first kappa shape index (κ1) is 20.9. The van der Waals surface area contributed by atoms with Crippen LogP contribution in [0.4, 0.5) is 0 Å². The van der Waals surface area contributed by atoms with Gasteiger partial charge in [-0.2, -0.15) is 0 Å². The summed E-state index contributed by atoms with van der Waals surface area (Å²) in [7, 11) is 0. The van der Waals surface area contributed by atoms with E-state index in [4.69, 9.17) is 16.3 Å². The van der Waals surface area contributed by atoms with E-state index in [1.165, 1.54) is 16.7 Å². The number of ether oxygens (including phenoxy) is 1. The average molecular weight is 408 g/mol. The van der Waals surface area contributed by atoms with Gasteiger partial charge in [0.2, 0.25) is 0 Å². The maximum absolute atomic E-state index is 12.8.